The summed E-state index contributed by atoms with van der Waals surface area (Å²) in [4.78, 5) is 23.2. The molecule has 21 heavy (non-hydrogen) atoms. The minimum atomic E-state index is -0.988. The van der Waals surface area contributed by atoms with Gasteiger partial charge in [0.15, 0.2) is 18.1 Å². The summed E-state index contributed by atoms with van der Waals surface area (Å²) in [5.74, 6) is -1.80. The van der Waals surface area contributed by atoms with Gasteiger partial charge in [0, 0.05) is 14.0 Å². The molecule has 0 aromatic rings. The van der Waals surface area contributed by atoms with Crippen molar-refractivity contribution < 1.29 is 33.3 Å². The first kappa shape index (κ1) is 16.2. The van der Waals surface area contributed by atoms with Crippen molar-refractivity contribution in [2.45, 2.75) is 57.2 Å². The highest BCUT2D eigenvalue weighted by molar-refractivity contribution is 5.83. The van der Waals surface area contributed by atoms with Gasteiger partial charge in [0.1, 0.15) is 18.3 Å². The molecule has 0 aromatic carbocycles. The van der Waals surface area contributed by atoms with E-state index in [1.54, 1.807) is 13.8 Å². The van der Waals surface area contributed by atoms with Crippen LogP contribution in [-0.4, -0.2) is 62.5 Å². The molecule has 8 nitrogen and oxygen atoms in total. The van der Waals surface area contributed by atoms with E-state index in [1.807, 2.05) is 0 Å². The first-order chi connectivity index (χ1) is 9.79. The Morgan fingerprint density at radius 3 is 2.33 bits per heavy atom. The molecule has 0 radical (unpaired) electrons. The molecule has 2 fully saturated rings. The van der Waals surface area contributed by atoms with Crippen LogP contribution in [0.3, 0.4) is 0 Å². The van der Waals surface area contributed by atoms with Gasteiger partial charge < -0.3 is 29.0 Å². The summed E-state index contributed by atoms with van der Waals surface area (Å²) in [5, 5.41) is 2.53. The fraction of sp³-hybridized carbons (Fsp3) is 0.846. The lowest BCUT2D eigenvalue weighted by Gasteiger charge is -2.27. The van der Waals surface area contributed by atoms with E-state index in [0.717, 1.165) is 0 Å². The summed E-state index contributed by atoms with van der Waals surface area (Å²) in [6.45, 7) is 4.84. The molecule has 0 bridgehead atoms. The number of carbonyl (C=O) groups excluding carboxylic acids is 2. The third-order valence-electron chi connectivity index (χ3n) is 3.42. The molecule has 5 atom stereocenters. The number of fused-ring (bicyclic) bond motifs is 1. The largest absolute Gasteiger partial charge is 0.467 e. The maximum Gasteiger partial charge on any atom is 0.331 e. The van der Waals surface area contributed by atoms with Crippen molar-refractivity contribution in [3.63, 3.8) is 0 Å². The fourth-order valence-electron chi connectivity index (χ4n) is 2.67. The van der Waals surface area contributed by atoms with Crippen LogP contribution < -0.4 is 5.32 Å². The lowest BCUT2D eigenvalue weighted by Crippen LogP contribution is -2.53. The summed E-state index contributed by atoms with van der Waals surface area (Å²) in [7, 11) is 2.72. The lowest BCUT2D eigenvalue weighted by molar-refractivity contribution is -0.230. The van der Waals surface area contributed by atoms with Crippen LogP contribution >= 0.6 is 0 Å². The van der Waals surface area contributed by atoms with Crippen molar-refractivity contribution in [1.82, 2.24) is 5.32 Å². The van der Waals surface area contributed by atoms with Gasteiger partial charge in [0.25, 0.3) is 0 Å². The Kier molecular flexibility index (Phi) is 4.52. The predicted octanol–water partition coefficient (Wildman–Crippen LogP) is -0.444. The number of amides is 1. The zero-order valence-electron chi connectivity index (χ0n) is 12.7. The zero-order chi connectivity index (χ0) is 15.8. The monoisotopic (exact) mass is 303 g/mol. The molecular weight excluding hydrogens is 282 g/mol. The topological polar surface area (TPSA) is 92.3 Å². The highest BCUT2D eigenvalue weighted by atomic mass is 16.8. The van der Waals surface area contributed by atoms with Gasteiger partial charge in [0.2, 0.25) is 5.91 Å². The van der Waals surface area contributed by atoms with Crippen LogP contribution in [0.2, 0.25) is 0 Å². The molecule has 2 aliphatic rings. The van der Waals surface area contributed by atoms with Crippen LogP contribution in [0.4, 0.5) is 0 Å². The van der Waals surface area contributed by atoms with Crippen molar-refractivity contribution in [2.75, 3.05) is 14.2 Å². The van der Waals surface area contributed by atoms with E-state index < -0.39 is 42.4 Å². The number of esters is 1. The maximum absolute atomic E-state index is 11.9. The second-order valence-corrected chi connectivity index (χ2v) is 5.47. The van der Waals surface area contributed by atoms with E-state index >= 15 is 0 Å². The molecule has 0 unspecified atom stereocenters. The second-order valence-electron chi connectivity index (χ2n) is 5.47. The highest BCUT2D eigenvalue weighted by Crippen LogP contribution is 2.40. The summed E-state index contributed by atoms with van der Waals surface area (Å²) >= 11 is 0. The molecule has 0 aliphatic carbocycles. The standard InChI is InChI=1S/C13H21NO7/c1-6(15)14-7(11(16)17-4)8-9-10(12(18-5)19-8)21-13(2,3)20-9/h7-10,12H,1-5H3,(H,14,15)/t7-,8-,9+,10+,12+/m1/s1. The minimum Gasteiger partial charge on any atom is -0.467 e. The van der Waals surface area contributed by atoms with E-state index in [4.69, 9.17) is 23.7 Å². The third-order valence-corrected chi connectivity index (χ3v) is 3.42. The second kappa shape index (κ2) is 5.88. The zero-order valence-corrected chi connectivity index (χ0v) is 12.7. The average Bonchev–Trinajstić information content (AvgIpc) is 2.88. The van der Waals surface area contributed by atoms with Crippen LogP contribution in [0.5, 0.6) is 0 Å². The van der Waals surface area contributed by atoms with Gasteiger partial charge >= 0.3 is 5.97 Å². The number of nitrogens with one attached hydrogen (secondary N) is 1. The first-order valence-electron chi connectivity index (χ1n) is 6.68. The first-order valence-corrected chi connectivity index (χ1v) is 6.68. The Labute approximate surface area is 123 Å². The van der Waals surface area contributed by atoms with Crippen LogP contribution in [0.15, 0.2) is 0 Å². The average molecular weight is 303 g/mol. The number of rotatable bonds is 4. The highest BCUT2D eigenvalue weighted by Gasteiger charge is 2.58. The quantitative estimate of drug-likeness (QED) is 0.704. The Morgan fingerprint density at radius 1 is 1.19 bits per heavy atom. The van der Waals surface area contributed by atoms with Gasteiger partial charge in [-0.1, -0.05) is 0 Å². The van der Waals surface area contributed by atoms with Crippen molar-refractivity contribution in [3.05, 3.63) is 0 Å². The molecule has 2 saturated heterocycles. The van der Waals surface area contributed by atoms with Crippen LogP contribution in [0, 0.1) is 0 Å². The SMILES string of the molecule is COC(=O)[C@H](NC(C)=O)[C@H]1O[C@H](OC)[C@H]2OC(C)(C)O[C@H]21. The van der Waals surface area contributed by atoms with Gasteiger partial charge in [-0.15, -0.1) is 0 Å². The molecule has 0 saturated carbocycles. The summed E-state index contributed by atoms with van der Waals surface area (Å²) in [5.41, 5.74) is 0. The van der Waals surface area contributed by atoms with Gasteiger partial charge in [-0.3, -0.25) is 4.79 Å². The maximum atomic E-state index is 11.9. The molecule has 2 aliphatic heterocycles. The van der Waals surface area contributed by atoms with Gasteiger partial charge in [-0.2, -0.15) is 0 Å². The number of hydrogen-bond acceptors (Lipinski definition) is 7. The van der Waals surface area contributed by atoms with Gasteiger partial charge in [-0.25, -0.2) is 4.79 Å². The van der Waals surface area contributed by atoms with Crippen LogP contribution in [-0.2, 0) is 33.3 Å². The van der Waals surface area contributed by atoms with E-state index in [2.05, 4.69) is 5.32 Å². The summed E-state index contributed by atoms with van der Waals surface area (Å²) in [6, 6.07) is -0.988. The van der Waals surface area contributed by atoms with E-state index in [0.29, 0.717) is 0 Å². The molecule has 8 heteroatoms. The molecule has 120 valence electrons. The van der Waals surface area contributed by atoms with Crippen molar-refractivity contribution in [1.29, 1.82) is 0 Å². The lowest BCUT2D eigenvalue weighted by atomic mass is 10.0. The van der Waals surface area contributed by atoms with Crippen molar-refractivity contribution in [2.24, 2.45) is 0 Å². The van der Waals surface area contributed by atoms with Crippen molar-refractivity contribution >= 4 is 11.9 Å². The minimum absolute atomic E-state index is 0.371. The van der Waals surface area contributed by atoms with E-state index in [-0.39, 0.29) is 5.91 Å². The molecule has 2 rings (SSSR count). The number of methoxy groups -OCH3 is 2. The Morgan fingerprint density at radius 2 is 1.81 bits per heavy atom. The predicted molar refractivity (Wildman–Crippen MR) is 69.1 cm³/mol. The smallest absolute Gasteiger partial charge is 0.331 e. The van der Waals surface area contributed by atoms with Crippen molar-refractivity contribution in [3.8, 4) is 0 Å². The van der Waals surface area contributed by atoms with Gasteiger partial charge in [-0.05, 0) is 13.8 Å². The number of carbonyl (C=O) groups is 2. The Balaban J connectivity index is 2.24. The number of hydrogen-bond donors (Lipinski definition) is 1. The van der Waals surface area contributed by atoms with Gasteiger partial charge in [0.05, 0.1) is 7.11 Å². The molecule has 2 heterocycles. The van der Waals surface area contributed by atoms with E-state index in [9.17, 15) is 9.59 Å². The molecule has 1 N–H and O–H groups in total. The third kappa shape index (κ3) is 3.18. The Hall–Kier alpha value is -1.22. The van der Waals surface area contributed by atoms with E-state index in [1.165, 1.54) is 21.1 Å². The molecule has 0 aromatic heterocycles. The van der Waals surface area contributed by atoms with Crippen LogP contribution in [0.25, 0.3) is 0 Å². The molecular formula is C13H21NO7. The summed E-state index contributed by atoms with van der Waals surface area (Å²) in [6.07, 6.45) is -2.45. The normalized spacial score (nSPS) is 35.1. The Bertz CT molecular complexity index is 425. The molecule has 1 amide bonds. The molecule has 0 spiro atoms. The summed E-state index contributed by atoms with van der Waals surface area (Å²) < 4.78 is 27.1. The fourth-order valence-corrected chi connectivity index (χ4v) is 2.67. The number of ether oxygens (including phenoxy) is 5. The van der Waals surface area contributed by atoms with Crippen LogP contribution in [0.1, 0.15) is 20.8 Å².